The van der Waals surface area contributed by atoms with E-state index in [0.29, 0.717) is 29.9 Å². The average molecular weight is 772 g/mol. The maximum Gasteiger partial charge on any atom is 0.264 e. The van der Waals surface area contributed by atoms with Crippen molar-refractivity contribution in [3.05, 3.63) is 90.3 Å². The number of para-hydroxylation sites is 1. The normalized spacial score (nSPS) is 16.0. The molecule has 15 nitrogen and oxygen atoms in total. The summed E-state index contributed by atoms with van der Waals surface area (Å²) < 4.78 is 7.98. The second-order valence-electron chi connectivity index (χ2n) is 14.2. The largest absolute Gasteiger partial charge is 0.457 e. The number of nitrogens with one attached hydrogen (secondary N) is 2. The molecule has 0 radical (unpaired) electrons. The number of carbonyl (C=O) groups is 5. The predicted molar refractivity (Wildman–Crippen MR) is 214 cm³/mol. The number of rotatable bonds is 16. The van der Waals surface area contributed by atoms with Crippen molar-refractivity contribution in [2.45, 2.75) is 63.5 Å². The fraction of sp³-hybridized carbons (Fsp3) is 0.333. The minimum atomic E-state index is -1.14. The van der Waals surface area contributed by atoms with E-state index in [-0.39, 0.29) is 48.0 Å². The molecule has 1 saturated heterocycles. The lowest BCUT2D eigenvalue weighted by atomic mass is 10.0. The Morgan fingerprint density at radius 3 is 2.53 bits per heavy atom. The number of nitrogens with zero attached hydrogens (tertiary/aromatic N) is 6. The number of carbonyl (C=O) groups excluding carboxylic acids is 5. The Kier molecular flexibility index (Phi) is 11.9. The van der Waals surface area contributed by atoms with Crippen LogP contribution in [-0.2, 0) is 14.4 Å². The van der Waals surface area contributed by atoms with Crippen LogP contribution in [0.1, 0.15) is 78.1 Å². The van der Waals surface area contributed by atoms with Gasteiger partial charge in [-0.3, -0.25) is 24.1 Å². The number of nitrogens with two attached hydrogens (primary N) is 1. The van der Waals surface area contributed by atoms with Gasteiger partial charge in [-0.15, -0.1) is 0 Å². The Morgan fingerprint density at radius 1 is 0.965 bits per heavy atom. The molecule has 4 amide bonds. The number of fused-ring (bicyclic) bond motifs is 2. The molecule has 57 heavy (non-hydrogen) atoms. The summed E-state index contributed by atoms with van der Waals surface area (Å²) in [5.41, 5.74) is 9.10. The van der Waals surface area contributed by atoms with E-state index in [0.717, 1.165) is 72.6 Å². The Morgan fingerprint density at radius 2 is 1.75 bits per heavy atom. The van der Waals surface area contributed by atoms with Gasteiger partial charge in [-0.2, -0.15) is 5.10 Å². The first-order valence-corrected chi connectivity index (χ1v) is 19.3. The highest BCUT2D eigenvalue weighted by Gasteiger charge is 2.43. The van der Waals surface area contributed by atoms with Crippen LogP contribution in [-0.4, -0.2) is 92.2 Å². The molecule has 0 spiro atoms. The molecule has 2 aliphatic heterocycles. The summed E-state index contributed by atoms with van der Waals surface area (Å²) in [6, 6.07) is 21.0. The summed E-state index contributed by atoms with van der Waals surface area (Å²) in [6.45, 7) is 2.62. The lowest BCUT2D eigenvalue weighted by molar-refractivity contribution is -0.124. The summed E-state index contributed by atoms with van der Waals surface area (Å²) >= 11 is 0. The number of unbranched alkanes of at least 4 members (excludes halogenated alkanes) is 2. The van der Waals surface area contributed by atoms with Crippen LogP contribution in [0.25, 0.3) is 22.3 Å². The molecular weight excluding hydrogens is 727 g/mol. The van der Waals surface area contributed by atoms with Crippen LogP contribution in [0.2, 0.25) is 0 Å². The van der Waals surface area contributed by atoms with Gasteiger partial charge < -0.3 is 30.8 Å². The van der Waals surface area contributed by atoms with Crippen LogP contribution in [0.15, 0.2) is 79.1 Å². The van der Waals surface area contributed by atoms with E-state index in [4.69, 9.17) is 15.6 Å². The first kappa shape index (κ1) is 38.8. The minimum Gasteiger partial charge on any atom is -0.457 e. The topological polar surface area (TPSA) is 195 Å². The molecule has 0 saturated carbocycles. The highest BCUT2D eigenvalue weighted by atomic mass is 16.5. The first-order chi connectivity index (χ1) is 27.8. The monoisotopic (exact) mass is 771 g/mol. The van der Waals surface area contributed by atoms with Crippen molar-refractivity contribution in [3.8, 4) is 22.8 Å². The molecule has 4 heterocycles. The predicted octanol–water partition coefficient (Wildman–Crippen LogP) is 5.39. The lowest BCUT2D eigenvalue weighted by Crippen LogP contribution is -2.48. The van der Waals surface area contributed by atoms with Gasteiger partial charge in [-0.25, -0.2) is 14.6 Å². The van der Waals surface area contributed by atoms with Crippen LogP contribution in [0, 0.1) is 0 Å². The van der Waals surface area contributed by atoms with E-state index in [9.17, 15) is 24.0 Å². The standard InChI is InChI=1S/C42H45N9O6/c1-44-40(54)33(16-10-24-52)50-41(55)31-14-8-15-32(35(31)42(50)56)47-34(53)17-6-3-7-22-49-23-9-11-28(25-49)51-39-36(38(43)45-26-46-39)37(48-51)27-18-20-30(21-19-27)57-29-12-4-2-5-13-29/h2,4-5,8,12-15,18-21,24,26,28,33H,3,6-7,9-11,16-17,22-23,25H2,1H3,(H,44,54)(H,47,53)(H2,43,45,46). The quantitative estimate of drug-likeness (QED) is 0.0661. The van der Waals surface area contributed by atoms with E-state index in [1.807, 2.05) is 59.3 Å². The minimum absolute atomic E-state index is 0.00115. The molecule has 15 heteroatoms. The van der Waals surface area contributed by atoms with Gasteiger partial charge in [0.25, 0.3) is 11.8 Å². The number of anilines is 2. The van der Waals surface area contributed by atoms with Crippen LogP contribution in [0.4, 0.5) is 11.5 Å². The number of likely N-dealkylation sites (tertiary alicyclic amines) is 1. The van der Waals surface area contributed by atoms with Crippen molar-refractivity contribution in [1.29, 1.82) is 0 Å². The van der Waals surface area contributed by atoms with Crippen molar-refractivity contribution in [3.63, 3.8) is 0 Å². The third-order valence-corrected chi connectivity index (χ3v) is 10.5. The van der Waals surface area contributed by atoms with Gasteiger partial charge in [-0.05, 0) is 93.7 Å². The lowest BCUT2D eigenvalue weighted by Gasteiger charge is -2.33. The Balaban J connectivity index is 0.931. The summed E-state index contributed by atoms with van der Waals surface area (Å²) in [5.74, 6) is -0.289. The summed E-state index contributed by atoms with van der Waals surface area (Å²) in [4.78, 5) is 75.5. The maximum atomic E-state index is 13.5. The fourth-order valence-corrected chi connectivity index (χ4v) is 7.66. The zero-order valence-electron chi connectivity index (χ0n) is 31.7. The zero-order valence-corrected chi connectivity index (χ0v) is 31.7. The van der Waals surface area contributed by atoms with Crippen LogP contribution in [0.3, 0.4) is 0 Å². The molecule has 4 N–H and O–H groups in total. The fourth-order valence-electron chi connectivity index (χ4n) is 7.66. The molecule has 2 aromatic heterocycles. The molecule has 5 aromatic rings. The van der Waals surface area contributed by atoms with Crippen molar-refractivity contribution in [2.75, 3.05) is 37.7 Å². The molecule has 7 rings (SSSR count). The number of piperidine rings is 1. The number of aromatic nitrogens is 4. The number of hydrogen-bond donors (Lipinski definition) is 3. The van der Waals surface area contributed by atoms with E-state index in [1.54, 1.807) is 12.1 Å². The number of ether oxygens (including phenoxy) is 1. The number of hydrogen-bond acceptors (Lipinski definition) is 11. The molecule has 3 aromatic carbocycles. The van der Waals surface area contributed by atoms with Gasteiger partial charge in [0.05, 0.1) is 28.2 Å². The van der Waals surface area contributed by atoms with E-state index < -0.39 is 23.8 Å². The maximum absolute atomic E-state index is 13.5. The number of nitrogen functional groups attached to an aromatic ring is 1. The van der Waals surface area contributed by atoms with Crippen molar-refractivity contribution >= 4 is 52.5 Å². The third kappa shape index (κ3) is 8.38. The van der Waals surface area contributed by atoms with Crippen molar-refractivity contribution in [2.24, 2.45) is 0 Å². The molecule has 0 bridgehead atoms. The summed E-state index contributed by atoms with van der Waals surface area (Å²) in [7, 11) is 1.40. The summed E-state index contributed by atoms with van der Waals surface area (Å²) in [5, 5.41) is 11.1. The van der Waals surface area contributed by atoms with Gasteiger partial charge in [0.15, 0.2) is 5.65 Å². The highest BCUT2D eigenvalue weighted by molar-refractivity contribution is 6.25. The zero-order chi connectivity index (χ0) is 39.9. The van der Waals surface area contributed by atoms with Crippen LogP contribution in [0.5, 0.6) is 11.5 Å². The summed E-state index contributed by atoms with van der Waals surface area (Å²) in [6.07, 6.45) is 6.65. The molecule has 2 aliphatic rings. The van der Waals surface area contributed by atoms with Gasteiger partial charge in [-0.1, -0.05) is 30.7 Å². The third-order valence-electron chi connectivity index (χ3n) is 10.5. The van der Waals surface area contributed by atoms with Gasteiger partial charge >= 0.3 is 0 Å². The van der Waals surface area contributed by atoms with Gasteiger partial charge in [0, 0.05) is 32.0 Å². The number of benzene rings is 3. The van der Waals surface area contributed by atoms with Gasteiger partial charge in [0.1, 0.15) is 41.7 Å². The van der Waals surface area contributed by atoms with Crippen LogP contribution >= 0.6 is 0 Å². The molecule has 1 fully saturated rings. The highest BCUT2D eigenvalue weighted by Crippen LogP contribution is 2.35. The second kappa shape index (κ2) is 17.5. The van der Waals surface area contributed by atoms with E-state index in [1.165, 1.54) is 19.4 Å². The van der Waals surface area contributed by atoms with E-state index >= 15 is 0 Å². The Bertz CT molecular complexity index is 2280. The van der Waals surface area contributed by atoms with Crippen molar-refractivity contribution in [1.82, 2.24) is 34.9 Å². The number of imide groups is 1. The van der Waals surface area contributed by atoms with Crippen LogP contribution < -0.4 is 21.1 Å². The number of amides is 4. The molecule has 294 valence electrons. The second-order valence-corrected chi connectivity index (χ2v) is 14.2. The average Bonchev–Trinajstić information content (AvgIpc) is 3.74. The smallest absolute Gasteiger partial charge is 0.264 e. The Hall–Kier alpha value is -6.48. The number of likely N-dealkylation sites (N-methyl/N-ethyl adjacent to an activating group) is 1. The van der Waals surface area contributed by atoms with Gasteiger partial charge in [0.2, 0.25) is 11.8 Å². The first-order valence-electron chi connectivity index (χ1n) is 19.3. The molecule has 2 unspecified atom stereocenters. The van der Waals surface area contributed by atoms with Crippen molar-refractivity contribution < 1.29 is 28.7 Å². The molecule has 0 aliphatic carbocycles. The number of aldehydes is 1. The Labute approximate surface area is 329 Å². The molecular formula is C42H45N9O6. The SMILES string of the molecule is CNC(=O)C(CCC=O)N1C(=O)c2cccc(NC(=O)CCCCCN3CCCC(n4nc(-c5ccc(Oc6ccccc6)cc5)c5c(N)ncnc54)C3)c2C1=O. The molecule has 2 atom stereocenters. The van der Waals surface area contributed by atoms with E-state index in [2.05, 4.69) is 25.5 Å².